The van der Waals surface area contributed by atoms with Crippen molar-refractivity contribution in [3.63, 3.8) is 0 Å². The maximum Gasteiger partial charge on any atom is 0.230 e. The molecule has 2 aliphatic rings. The second kappa shape index (κ2) is 14.1. The lowest BCUT2D eigenvalue weighted by Gasteiger charge is -2.35. The van der Waals surface area contributed by atoms with Gasteiger partial charge in [0.2, 0.25) is 5.91 Å². The van der Waals surface area contributed by atoms with Gasteiger partial charge >= 0.3 is 0 Å². The number of carbonyl (C=O) groups excluding carboxylic acids is 1. The summed E-state index contributed by atoms with van der Waals surface area (Å²) in [5.74, 6) is 1.59. The van der Waals surface area contributed by atoms with E-state index in [1.54, 1.807) is 13.3 Å². The highest BCUT2D eigenvalue weighted by atomic mass is 16.5. The van der Waals surface area contributed by atoms with Crippen molar-refractivity contribution >= 4 is 23.4 Å². The fourth-order valence-electron chi connectivity index (χ4n) is 6.02. The smallest absolute Gasteiger partial charge is 0.230 e. The Balaban J connectivity index is 1.52. The van der Waals surface area contributed by atoms with Gasteiger partial charge in [-0.1, -0.05) is 31.4 Å². The van der Waals surface area contributed by atoms with Crippen LogP contribution in [-0.2, 0) is 4.79 Å². The molecule has 7 nitrogen and oxygen atoms in total. The molecule has 0 bridgehead atoms. The number of nitrogens with two attached hydrogens (primary N) is 1. The summed E-state index contributed by atoms with van der Waals surface area (Å²) in [7, 11) is 1.56. The first kappa shape index (κ1) is 29.3. The Bertz CT molecular complexity index is 1250. The average Bonchev–Trinajstić information content (AvgIpc) is 3.00. The Kier molecular flexibility index (Phi) is 10.3. The van der Waals surface area contributed by atoms with Crippen molar-refractivity contribution in [3.8, 4) is 11.8 Å². The highest BCUT2D eigenvalue weighted by Gasteiger charge is 2.31. The second-order valence-electron chi connectivity index (χ2n) is 11.4. The van der Waals surface area contributed by atoms with Crippen molar-refractivity contribution in [2.75, 3.05) is 18.6 Å². The molecule has 2 aliphatic carbocycles. The maximum atomic E-state index is 14.0. The third-order valence-electron chi connectivity index (χ3n) is 8.31. The molecule has 212 valence electrons. The van der Waals surface area contributed by atoms with Crippen LogP contribution in [0.3, 0.4) is 0 Å². The molecule has 0 atom stereocenters. The van der Waals surface area contributed by atoms with E-state index in [0.717, 1.165) is 73.9 Å². The minimum absolute atomic E-state index is 0.0914. The van der Waals surface area contributed by atoms with Gasteiger partial charge in [-0.25, -0.2) is 4.98 Å². The zero-order chi connectivity index (χ0) is 28.5. The summed E-state index contributed by atoms with van der Waals surface area (Å²) >= 11 is 0. The molecule has 1 amide bonds. The molecule has 0 radical (unpaired) electrons. The number of rotatable bonds is 9. The van der Waals surface area contributed by atoms with Crippen LogP contribution in [0.2, 0.25) is 0 Å². The SMILES string of the molecule is COc1ccc(C2CCC(CN(C(=O)C3CCCCC3)c3cccc(C(C=NC(C)C)=CN)c3)CC2)nc1C#N. The zero-order valence-electron chi connectivity index (χ0n) is 24.2. The number of benzene rings is 1. The third kappa shape index (κ3) is 7.29. The number of hydrogen-bond acceptors (Lipinski definition) is 6. The predicted octanol–water partition coefficient (Wildman–Crippen LogP) is 6.63. The molecule has 2 N–H and O–H groups in total. The van der Waals surface area contributed by atoms with Gasteiger partial charge in [-0.2, -0.15) is 5.26 Å². The summed E-state index contributed by atoms with van der Waals surface area (Å²) in [6, 6.07) is 14.3. The van der Waals surface area contributed by atoms with E-state index in [2.05, 4.69) is 27.0 Å². The van der Waals surface area contributed by atoms with Crippen LogP contribution in [0.25, 0.3) is 5.57 Å². The second-order valence-corrected chi connectivity index (χ2v) is 11.4. The molecule has 40 heavy (non-hydrogen) atoms. The van der Waals surface area contributed by atoms with E-state index in [4.69, 9.17) is 10.5 Å². The highest BCUT2D eigenvalue weighted by Crippen LogP contribution is 2.38. The highest BCUT2D eigenvalue weighted by molar-refractivity contribution is 6.10. The number of amides is 1. The van der Waals surface area contributed by atoms with Crippen molar-refractivity contribution < 1.29 is 9.53 Å². The number of ether oxygens (including phenoxy) is 1. The molecule has 7 heteroatoms. The van der Waals surface area contributed by atoms with Gasteiger partial charge in [0.1, 0.15) is 6.07 Å². The fourth-order valence-corrected chi connectivity index (χ4v) is 6.02. The van der Waals surface area contributed by atoms with Gasteiger partial charge in [0.15, 0.2) is 11.4 Å². The van der Waals surface area contributed by atoms with Gasteiger partial charge in [0.05, 0.1) is 7.11 Å². The number of allylic oxidation sites excluding steroid dienone is 1. The van der Waals surface area contributed by atoms with Crippen LogP contribution in [0, 0.1) is 23.2 Å². The predicted molar refractivity (Wildman–Crippen MR) is 161 cm³/mol. The summed E-state index contributed by atoms with van der Waals surface area (Å²) in [5.41, 5.74) is 10.0. The number of hydrogen-bond donors (Lipinski definition) is 1. The summed E-state index contributed by atoms with van der Waals surface area (Å²) < 4.78 is 5.27. The standard InChI is InChI=1S/C33H43N5O2/c1-23(2)36-21-28(19-34)27-10-7-11-29(18-27)38(33(39)26-8-5-4-6-9-26)22-24-12-14-25(15-13-24)30-16-17-32(40-3)31(20-35)37-30/h7,10-11,16-19,21,23-26H,4-6,8-9,12-15,22,34H2,1-3H3. The largest absolute Gasteiger partial charge is 0.494 e. The Morgan fingerprint density at radius 1 is 1.15 bits per heavy atom. The molecular weight excluding hydrogens is 498 g/mol. The van der Waals surface area contributed by atoms with E-state index in [0.29, 0.717) is 29.8 Å². The number of anilines is 1. The van der Waals surface area contributed by atoms with Gasteiger partial charge in [-0.05, 0) is 88.1 Å². The number of methoxy groups -OCH3 is 1. The monoisotopic (exact) mass is 541 g/mol. The van der Waals surface area contributed by atoms with Crippen LogP contribution in [0.5, 0.6) is 5.75 Å². The van der Waals surface area contributed by atoms with Crippen molar-refractivity contribution in [1.82, 2.24) is 4.98 Å². The van der Waals surface area contributed by atoms with Crippen molar-refractivity contribution in [1.29, 1.82) is 5.26 Å². The minimum atomic E-state index is 0.0914. The van der Waals surface area contributed by atoms with Crippen LogP contribution < -0.4 is 15.4 Å². The molecule has 0 aliphatic heterocycles. The summed E-state index contributed by atoms with van der Waals surface area (Å²) in [4.78, 5) is 25.1. The molecule has 0 saturated heterocycles. The number of aromatic nitrogens is 1. The van der Waals surface area contributed by atoms with E-state index in [9.17, 15) is 10.1 Å². The Hall–Kier alpha value is -3.66. The van der Waals surface area contributed by atoms with E-state index < -0.39 is 0 Å². The molecule has 1 aromatic carbocycles. The fraction of sp³-hybridized carbons (Fsp3) is 0.515. The average molecular weight is 542 g/mol. The van der Waals surface area contributed by atoms with Gasteiger partial charge in [0, 0.05) is 53.8 Å². The molecule has 4 rings (SSSR count). The molecule has 2 aromatic rings. The van der Waals surface area contributed by atoms with Gasteiger partial charge in [0.25, 0.3) is 0 Å². The maximum absolute atomic E-state index is 14.0. The normalized spacial score (nSPS) is 20.4. The van der Waals surface area contributed by atoms with Gasteiger partial charge in [-0.3, -0.25) is 9.79 Å². The molecule has 0 spiro atoms. The lowest BCUT2D eigenvalue weighted by Crippen LogP contribution is -2.41. The van der Waals surface area contributed by atoms with Crippen molar-refractivity contribution in [3.05, 3.63) is 59.5 Å². The van der Waals surface area contributed by atoms with Crippen molar-refractivity contribution in [2.45, 2.75) is 83.6 Å². The minimum Gasteiger partial charge on any atom is -0.494 e. The Morgan fingerprint density at radius 2 is 1.90 bits per heavy atom. The number of nitrogens with zero attached hydrogens (tertiary/aromatic N) is 4. The zero-order valence-corrected chi connectivity index (χ0v) is 24.2. The number of pyridine rings is 1. The van der Waals surface area contributed by atoms with Crippen molar-refractivity contribution in [2.24, 2.45) is 22.6 Å². The summed E-state index contributed by atoms with van der Waals surface area (Å²) in [5, 5.41) is 9.46. The van der Waals surface area contributed by atoms with Crippen LogP contribution in [0.4, 0.5) is 5.69 Å². The quantitative estimate of drug-likeness (QED) is 0.359. The number of nitriles is 1. The summed E-state index contributed by atoms with van der Waals surface area (Å²) in [6.45, 7) is 4.79. The first-order valence-electron chi connectivity index (χ1n) is 14.7. The Labute approximate surface area is 239 Å². The molecule has 2 saturated carbocycles. The van der Waals surface area contributed by atoms with Crippen LogP contribution >= 0.6 is 0 Å². The molecule has 1 aromatic heterocycles. The van der Waals surface area contributed by atoms with Gasteiger partial charge in [-0.15, -0.1) is 0 Å². The molecule has 0 unspecified atom stereocenters. The first-order chi connectivity index (χ1) is 19.4. The Morgan fingerprint density at radius 3 is 2.55 bits per heavy atom. The number of aliphatic imine (C=N–C) groups is 1. The number of carbonyl (C=O) groups is 1. The van der Waals surface area contributed by atoms with E-state index in [1.807, 2.05) is 50.4 Å². The topological polar surface area (TPSA) is 105 Å². The molecule has 1 heterocycles. The van der Waals surface area contributed by atoms with E-state index >= 15 is 0 Å². The van der Waals surface area contributed by atoms with Gasteiger partial charge < -0.3 is 15.4 Å². The van der Waals surface area contributed by atoms with Crippen LogP contribution in [-0.4, -0.2) is 36.8 Å². The van der Waals surface area contributed by atoms with E-state index in [-0.39, 0.29) is 17.9 Å². The molecular formula is C33H43N5O2. The lowest BCUT2D eigenvalue weighted by molar-refractivity contribution is -0.123. The van der Waals surface area contributed by atoms with Crippen LogP contribution in [0.1, 0.15) is 94.5 Å². The summed E-state index contributed by atoms with van der Waals surface area (Å²) in [6.07, 6.45) is 12.8. The lowest BCUT2D eigenvalue weighted by atomic mass is 9.79. The van der Waals surface area contributed by atoms with Crippen LogP contribution in [0.15, 0.2) is 47.6 Å². The molecule has 2 fully saturated rings. The first-order valence-corrected chi connectivity index (χ1v) is 14.7. The third-order valence-corrected chi connectivity index (χ3v) is 8.31. The van der Waals surface area contributed by atoms with E-state index in [1.165, 1.54) is 6.42 Å².